The van der Waals surface area contributed by atoms with E-state index in [1.54, 1.807) is 6.07 Å². The molecule has 0 aliphatic carbocycles. The van der Waals surface area contributed by atoms with Gasteiger partial charge >= 0.3 is 0 Å². The monoisotopic (exact) mass is 307 g/mol. The molecule has 0 aliphatic rings. The minimum absolute atomic E-state index is 0.0460. The van der Waals surface area contributed by atoms with Crippen molar-refractivity contribution in [2.45, 2.75) is 19.4 Å². The van der Waals surface area contributed by atoms with Gasteiger partial charge in [0, 0.05) is 6.04 Å². The van der Waals surface area contributed by atoms with Gasteiger partial charge in [-0.25, -0.2) is 4.39 Å². The maximum absolute atomic E-state index is 13.5. The van der Waals surface area contributed by atoms with Crippen LogP contribution < -0.4 is 10.1 Å². The van der Waals surface area contributed by atoms with Gasteiger partial charge in [0.2, 0.25) is 0 Å². The highest BCUT2D eigenvalue weighted by molar-refractivity contribution is 6.31. The van der Waals surface area contributed by atoms with Crippen molar-refractivity contribution in [1.82, 2.24) is 5.32 Å². The van der Waals surface area contributed by atoms with Gasteiger partial charge in [0.05, 0.1) is 11.6 Å². The number of ether oxygens (including phenoxy) is 1. The normalized spacial score (nSPS) is 12.2. The summed E-state index contributed by atoms with van der Waals surface area (Å²) in [6.07, 6.45) is 0.614. The Hall–Kier alpha value is -1.58. The molecule has 0 aromatic heterocycles. The highest BCUT2D eigenvalue weighted by atomic mass is 35.5. The largest absolute Gasteiger partial charge is 0.494 e. The molecule has 1 atom stereocenters. The predicted octanol–water partition coefficient (Wildman–Crippen LogP) is 4.38. The molecule has 112 valence electrons. The van der Waals surface area contributed by atoms with E-state index < -0.39 is 0 Å². The molecule has 0 radical (unpaired) electrons. The first-order valence-corrected chi connectivity index (χ1v) is 7.36. The summed E-state index contributed by atoms with van der Waals surface area (Å²) >= 11 is 6.04. The molecule has 0 spiro atoms. The Morgan fingerprint density at radius 1 is 1.24 bits per heavy atom. The van der Waals surface area contributed by atoms with Crippen molar-refractivity contribution in [3.05, 3.63) is 64.4 Å². The number of hydrogen-bond donors (Lipinski definition) is 1. The van der Waals surface area contributed by atoms with Crippen molar-refractivity contribution in [1.29, 1.82) is 0 Å². The van der Waals surface area contributed by atoms with E-state index in [9.17, 15) is 4.39 Å². The van der Waals surface area contributed by atoms with Crippen molar-refractivity contribution >= 4 is 11.6 Å². The number of benzene rings is 2. The van der Waals surface area contributed by atoms with E-state index in [-0.39, 0.29) is 16.9 Å². The van der Waals surface area contributed by atoms with Crippen LogP contribution in [0.2, 0.25) is 5.02 Å². The van der Waals surface area contributed by atoms with E-state index in [4.69, 9.17) is 16.3 Å². The van der Waals surface area contributed by atoms with E-state index in [0.29, 0.717) is 13.0 Å². The molecule has 1 unspecified atom stereocenters. The molecule has 0 saturated heterocycles. The minimum Gasteiger partial charge on any atom is -0.494 e. The Bertz CT molecular complexity index is 603. The first-order valence-electron chi connectivity index (χ1n) is 6.98. The van der Waals surface area contributed by atoms with Crippen LogP contribution in [0.1, 0.15) is 24.1 Å². The molecule has 0 saturated carbocycles. The molecular weight excluding hydrogens is 289 g/mol. The Kier molecular flexibility index (Phi) is 5.59. The number of likely N-dealkylation sites (N-methyl/N-ethyl adjacent to an activating group) is 1. The molecular formula is C17H19ClFNO. The fourth-order valence-corrected chi connectivity index (χ4v) is 2.50. The van der Waals surface area contributed by atoms with Gasteiger partial charge in [0.25, 0.3) is 0 Å². The van der Waals surface area contributed by atoms with Crippen molar-refractivity contribution in [3.63, 3.8) is 0 Å². The van der Waals surface area contributed by atoms with Crippen LogP contribution in [0, 0.1) is 5.82 Å². The molecule has 0 bridgehead atoms. The van der Waals surface area contributed by atoms with E-state index in [2.05, 4.69) is 5.32 Å². The second-order valence-electron chi connectivity index (χ2n) is 4.76. The molecule has 0 heterocycles. The fraction of sp³-hybridized carbons (Fsp3) is 0.294. The third-order valence-corrected chi connectivity index (χ3v) is 3.80. The lowest BCUT2D eigenvalue weighted by Gasteiger charge is -2.18. The zero-order chi connectivity index (χ0) is 15.2. The Labute approximate surface area is 129 Å². The smallest absolute Gasteiger partial charge is 0.142 e. The number of hydrogen-bond acceptors (Lipinski definition) is 2. The lowest BCUT2D eigenvalue weighted by Crippen LogP contribution is -2.19. The predicted molar refractivity (Wildman–Crippen MR) is 84.5 cm³/mol. The molecule has 21 heavy (non-hydrogen) atoms. The molecule has 0 aliphatic heterocycles. The average molecular weight is 308 g/mol. The van der Waals surface area contributed by atoms with Crippen LogP contribution in [-0.2, 0) is 6.42 Å². The first kappa shape index (κ1) is 15.8. The summed E-state index contributed by atoms with van der Waals surface area (Å²) in [6, 6.07) is 12.9. The number of halogens is 2. The average Bonchev–Trinajstić information content (AvgIpc) is 2.49. The fourth-order valence-electron chi connectivity index (χ4n) is 2.30. The zero-order valence-corrected chi connectivity index (χ0v) is 13.0. The van der Waals surface area contributed by atoms with Gasteiger partial charge in [0.1, 0.15) is 11.6 Å². The third-order valence-electron chi connectivity index (χ3n) is 3.38. The molecule has 0 fully saturated rings. The molecule has 1 N–H and O–H groups in total. The number of nitrogens with one attached hydrogen (secondary N) is 1. The highest BCUT2D eigenvalue weighted by Crippen LogP contribution is 2.27. The summed E-state index contributed by atoms with van der Waals surface area (Å²) in [6.45, 7) is 2.58. The summed E-state index contributed by atoms with van der Waals surface area (Å²) in [7, 11) is 1.88. The van der Waals surface area contributed by atoms with Gasteiger partial charge in [0.15, 0.2) is 0 Å². The first-order chi connectivity index (χ1) is 10.2. The van der Waals surface area contributed by atoms with Crippen molar-refractivity contribution < 1.29 is 9.13 Å². The van der Waals surface area contributed by atoms with Gasteiger partial charge in [-0.15, -0.1) is 0 Å². The SMILES string of the molecule is CCOc1cccc(C(Cc2cccc(F)c2Cl)NC)c1. The van der Waals surface area contributed by atoms with Crippen LogP contribution in [-0.4, -0.2) is 13.7 Å². The molecule has 2 aromatic carbocycles. The maximum Gasteiger partial charge on any atom is 0.142 e. The Balaban J connectivity index is 2.23. The summed E-state index contributed by atoms with van der Waals surface area (Å²) < 4.78 is 19.0. The second kappa shape index (κ2) is 7.43. The van der Waals surface area contributed by atoms with Crippen LogP contribution in [0.4, 0.5) is 4.39 Å². The topological polar surface area (TPSA) is 21.3 Å². The number of rotatable bonds is 6. The Morgan fingerprint density at radius 3 is 2.71 bits per heavy atom. The van der Waals surface area contributed by atoms with Gasteiger partial charge in [-0.05, 0) is 49.7 Å². The van der Waals surface area contributed by atoms with Crippen LogP contribution >= 0.6 is 11.6 Å². The van der Waals surface area contributed by atoms with Crippen LogP contribution in [0.3, 0.4) is 0 Å². The highest BCUT2D eigenvalue weighted by Gasteiger charge is 2.14. The lowest BCUT2D eigenvalue weighted by atomic mass is 9.98. The van der Waals surface area contributed by atoms with Gasteiger partial charge in [-0.3, -0.25) is 0 Å². The summed E-state index contributed by atoms with van der Waals surface area (Å²) in [5.41, 5.74) is 1.88. The van der Waals surface area contributed by atoms with Crippen LogP contribution in [0.5, 0.6) is 5.75 Å². The summed E-state index contributed by atoms with van der Waals surface area (Å²) in [5.74, 6) is 0.452. The van der Waals surface area contributed by atoms with E-state index in [1.807, 2.05) is 44.3 Å². The third kappa shape index (κ3) is 3.96. The Morgan fingerprint density at radius 2 is 2.00 bits per heavy atom. The summed E-state index contributed by atoms with van der Waals surface area (Å²) in [5, 5.41) is 3.44. The van der Waals surface area contributed by atoms with Gasteiger partial charge < -0.3 is 10.1 Å². The van der Waals surface area contributed by atoms with Gasteiger partial charge in [-0.1, -0.05) is 35.9 Å². The quantitative estimate of drug-likeness (QED) is 0.855. The van der Waals surface area contributed by atoms with Crippen molar-refractivity contribution in [3.8, 4) is 5.75 Å². The van der Waals surface area contributed by atoms with Crippen LogP contribution in [0.15, 0.2) is 42.5 Å². The van der Waals surface area contributed by atoms with Crippen molar-refractivity contribution in [2.24, 2.45) is 0 Å². The van der Waals surface area contributed by atoms with Gasteiger partial charge in [-0.2, -0.15) is 0 Å². The van der Waals surface area contributed by atoms with E-state index >= 15 is 0 Å². The van der Waals surface area contributed by atoms with Crippen molar-refractivity contribution in [2.75, 3.05) is 13.7 Å². The standard InChI is InChI=1S/C17H19ClFNO/c1-3-21-14-8-4-6-12(10-14)16(20-2)11-13-7-5-9-15(19)17(13)18/h4-10,16,20H,3,11H2,1-2H3. The maximum atomic E-state index is 13.5. The molecule has 2 rings (SSSR count). The zero-order valence-electron chi connectivity index (χ0n) is 12.2. The molecule has 0 amide bonds. The molecule has 4 heteroatoms. The van der Waals surface area contributed by atoms with E-state index in [0.717, 1.165) is 16.9 Å². The minimum atomic E-state index is -0.382. The van der Waals surface area contributed by atoms with Crippen LogP contribution in [0.25, 0.3) is 0 Å². The summed E-state index contributed by atoms with van der Waals surface area (Å²) in [4.78, 5) is 0. The molecule has 2 aromatic rings. The second-order valence-corrected chi connectivity index (χ2v) is 5.14. The lowest BCUT2D eigenvalue weighted by molar-refractivity contribution is 0.339. The molecule has 2 nitrogen and oxygen atoms in total. The van der Waals surface area contributed by atoms with E-state index in [1.165, 1.54) is 6.07 Å².